The van der Waals surface area contributed by atoms with Crippen LogP contribution in [-0.2, 0) is 5.41 Å². The lowest BCUT2D eigenvalue weighted by Gasteiger charge is -2.46. The van der Waals surface area contributed by atoms with Gasteiger partial charge < -0.3 is 10.2 Å². The molecular formula is C18H26N2. The number of hydrogen-bond acceptors (Lipinski definition) is 2. The number of benzene rings is 1. The normalized spacial score (nSPS) is 34.1. The van der Waals surface area contributed by atoms with Crippen LogP contribution in [0, 0.1) is 5.92 Å². The number of para-hydroxylation sites is 1. The first kappa shape index (κ1) is 13.5. The van der Waals surface area contributed by atoms with Crippen LogP contribution >= 0.6 is 0 Å². The molecule has 1 aromatic rings. The maximum absolute atomic E-state index is 4.04. The van der Waals surface area contributed by atoms with Crippen molar-refractivity contribution in [3.05, 3.63) is 42.6 Å². The Morgan fingerprint density at radius 3 is 2.70 bits per heavy atom. The molecule has 2 aliphatic rings. The van der Waals surface area contributed by atoms with Crippen molar-refractivity contribution in [3.8, 4) is 0 Å². The monoisotopic (exact) mass is 270 g/mol. The smallest absolute Gasteiger partial charge is 0.103 e. The number of rotatable bonds is 2. The molecule has 3 atom stereocenters. The highest BCUT2D eigenvalue weighted by molar-refractivity contribution is 5.59. The Morgan fingerprint density at radius 1 is 1.35 bits per heavy atom. The van der Waals surface area contributed by atoms with Crippen molar-refractivity contribution in [2.75, 3.05) is 5.32 Å². The molecule has 3 rings (SSSR count). The Labute approximate surface area is 122 Å². The van der Waals surface area contributed by atoms with E-state index in [0.717, 1.165) is 0 Å². The second-order valence-corrected chi connectivity index (χ2v) is 7.12. The topological polar surface area (TPSA) is 15.3 Å². The third-order valence-electron chi connectivity index (χ3n) is 5.69. The lowest BCUT2D eigenvalue weighted by atomic mass is 9.65. The second kappa shape index (κ2) is 4.28. The molecule has 0 radical (unpaired) electrons. The highest BCUT2D eigenvalue weighted by Gasteiger charge is 2.54. The van der Waals surface area contributed by atoms with Crippen LogP contribution < -0.4 is 5.32 Å². The van der Waals surface area contributed by atoms with Gasteiger partial charge in [-0.1, -0.05) is 38.6 Å². The van der Waals surface area contributed by atoms with Gasteiger partial charge in [-0.25, -0.2) is 0 Å². The van der Waals surface area contributed by atoms with Crippen molar-refractivity contribution in [2.45, 2.75) is 57.7 Å². The number of nitrogens with one attached hydrogen (secondary N) is 1. The van der Waals surface area contributed by atoms with Crippen molar-refractivity contribution in [1.29, 1.82) is 0 Å². The third kappa shape index (κ3) is 1.63. The van der Waals surface area contributed by atoms with Crippen molar-refractivity contribution in [1.82, 2.24) is 4.90 Å². The van der Waals surface area contributed by atoms with Crippen LogP contribution in [0.2, 0.25) is 0 Å². The van der Waals surface area contributed by atoms with Gasteiger partial charge >= 0.3 is 0 Å². The van der Waals surface area contributed by atoms with Gasteiger partial charge in [0.15, 0.2) is 0 Å². The second-order valence-electron chi connectivity index (χ2n) is 7.12. The van der Waals surface area contributed by atoms with E-state index >= 15 is 0 Å². The lowest BCUT2D eigenvalue weighted by molar-refractivity contribution is 0.188. The van der Waals surface area contributed by atoms with Crippen LogP contribution in [0.25, 0.3) is 0 Å². The summed E-state index contributed by atoms with van der Waals surface area (Å²) in [5.74, 6) is 0.621. The molecule has 0 spiro atoms. The van der Waals surface area contributed by atoms with E-state index in [4.69, 9.17) is 0 Å². The van der Waals surface area contributed by atoms with E-state index < -0.39 is 0 Å². The predicted molar refractivity (Wildman–Crippen MR) is 85.7 cm³/mol. The number of anilines is 1. The van der Waals surface area contributed by atoms with Crippen molar-refractivity contribution in [2.24, 2.45) is 5.92 Å². The van der Waals surface area contributed by atoms with Crippen molar-refractivity contribution < 1.29 is 0 Å². The quantitative estimate of drug-likeness (QED) is 0.859. The minimum atomic E-state index is 0.169. The van der Waals surface area contributed by atoms with Gasteiger partial charge in [0.1, 0.15) is 6.17 Å². The first-order valence-electron chi connectivity index (χ1n) is 7.71. The lowest BCUT2D eigenvalue weighted by Crippen LogP contribution is -2.50. The van der Waals surface area contributed by atoms with Gasteiger partial charge in [0, 0.05) is 22.6 Å². The number of nitrogens with zero attached hydrogens (tertiary/aromatic N) is 1. The standard InChI is InChI=1S/C18H26N2/c1-6-18(5)13-10-8-9-11-15(13)19-16-14(18)12-17(3,4)20(16)7-2/h7-11,14,16,19H,2,6,12H2,1,3-5H3. The minimum absolute atomic E-state index is 0.169. The van der Waals surface area contributed by atoms with E-state index in [1.165, 1.54) is 24.1 Å². The summed E-state index contributed by atoms with van der Waals surface area (Å²) in [7, 11) is 0. The Bertz CT molecular complexity index is 534. The molecule has 1 fully saturated rings. The predicted octanol–water partition coefficient (Wildman–Crippen LogP) is 4.35. The zero-order chi connectivity index (χ0) is 14.5. The van der Waals surface area contributed by atoms with Crippen LogP contribution in [0.15, 0.2) is 37.0 Å². The molecule has 1 saturated heterocycles. The molecule has 0 bridgehead atoms. The van der Waals surface area contributed by atoms with Gasteiger partial charge in [0.25, 0.3) is 0 Å². The number of fused-ring (bicyclic) bond motifs is 2. The average Bonchev–Trinajstić information content (AvgIpc) is 2.69. The zero-order valence-electron chi connectivity index (χ0n) is 13.1. The first-order valence-corrected chi connectivity index (χ1v) is 7.71. The van der Waals surface area contributed by atoms with Gasteiger partial charge in [-0.15, -0.1) is 0 Å². The Morgan fingerprint density at radius 2 is 2.05 bits per heavy atom. The molecule has 0 aliphatic carbocycles. The Kier molecular flexibility index (Phi) is 2.89. The highest BCUT2D eigenvalue weighted by atomic mass is 15.3. The molecule has 108 valence electrons. The summed E-state index contributed by atoms with van der Waals surface area (Å²) in [6.45, 7) is 13.5. The summed E-state index contributed by atoms with van der Waals surface area (Å²) in [5, 5.41) is 3.76. The van der Waals surface area contributed by atoms with Crippen LogP contribution in [0.1, 0.15) is 46.1 Å². The highest BCUT2D eigenvalue weighted by Crippen LogP contribution is 2.53. The molecule has 1 aromatic carbocycles. The van der Waals surface area contributed by atoms with Gasteiger partial charge in [-0.2, -0.15) is 0 Å². The number of likely N-dealkylation sites (tertiary alicyclic amines) is 1. The van der Waals surface area contributed by atoms with Crippen LogP contribution in [0.5, 0.6) is 0 Å². The fraction of sp³-hybridized carbons (Fsp3) is 0.556. The summed E-state index contributed by atoms with van der Waals surface area (Å²) >= 11 is 0. The van der Waals surface area contributed by atoms with Crippen LogP contribution in [0.4, 0.5) is 5.69 Å². The molecule has 2 nitrogen and oxygen atoms in total. The molecule has 20 heavy (non-hydrogen) atoms. The summed E-state index contributed by atoms with van der Waals surface area (Å²) in [4.78, 5) is 2.42. The average molecular weight is 270 g/mol. The first-order chi connectivity index (χ1) is 9.44. The van der Waals surface area contributed by atoms with E-state index in [1.807, 2.05) is 6.20 Å². The SMILES string of the molecule is C=CN1C2Nc3ccccc3C(C)(CC)C2CC1(C)C. The molecule has 2 heteroatoms. The number of hydrogen-bond donors (Lipinski definition) is 1. The van der Waals surface area contributed by atoms with E-state index in [9.17, 15) is 0 Å². The van der Waals surface area contributed by atoms with Crippen LogP contribution in [-0.4, -0.2) is 16.6 Å². The summed E-state index contributed by atoms with van der Waals surface area (Å²) in [5.41, 5.74) is 3.18. The van der Waals surface area contributed by atoms with E-state index in [-0.39, 0.29) is 11.0 Å². The molecular weight excluding hydrogens is 244 g/mol. The minimum Gasteiger partial charge on any atom is -0.365 e. The molecule has 3 unspecified atom stereocenters. The maximum Gasteiger partial charge on any atom is 0.103 e. The molecule has 0 aromatic heterocycles. The molecule has 1 N–H and O–H groups in total. The van der Waals surface area contributed by atoms with Gasteiger partial charge in [0.2, 0.25) is 0 Å². The fourth-order valence-corrected chi connectivity index (χ4v) is 4.35. The Hall–Kier alpha value is -1.44. The maximum atomic E-state index is 4.04. The van der Waals surface area contributed by atoms with Crippen molar-refractivity contribution in [3.63, 3.8) is 0 Å². The summed E-state index contributed by atoms with van der Waals surface area (Å²) in [6.07, 6.45) is 4.76. The molecule has 2 heterocycles. The van der Waals surface area contributed by atoms with E-state index in [0.29, 0.717) is 12.1 Å². The largest absolute Gasteiger partial charge is 0.365 e. The molecule has 2 aliphatic heterocycles. The Balaban J connectivity index is 2.13. The molecule has 0 saturated carbocycles. The fourth-order valence-electron chi connectivity index (χ4n) is 4.35. The summed E-state index contributed by atoms with van der Waals surface area (Å²) in [6, 6.07) is 8.80. The van der Waals surface area contributed by atoms with Gasteiger partial charge in [-0.05, 0) is 44.5 Å². The molecule has 0 amide bonds. The third-order valence-corrected chi connectivity index (χ3v) is 5.69. The van der Waals surface area contributed by atoms with Crippen LogP contribution in [0.3, 0.4) is 0 Å². The van der Waals surface area contributed by atoms with E-state index in [2.05, 4.69) is 68.8 Å². The van der Waals surface area contributed by atoms with E-state index in [1.54, 1.807) is 0 Å². The van der Waals surface area contributed by atoms with Crippen molar-refractivity contribution >= 4 is 5.69 Å². The van der Waals surface area contributed by atoms with Gasteiger partial charge in [0.05, 0.1) is 0 Å². The van der Waals surface area contributed by atoms with Gasteiger partial charge in [-0.3, -0.25) is 0 Å². The zero-order valence-corrected chi connectivity index (χ0v) is 13.1. The summed E-state index contributed by atoms with van der Waals surface area (Å²) < 4.78 is 0.